The standard InChI is InChI=1S/C21H31N5O/c27-21(22-9-6-12-24-10-4-1-5-11-24)26-15-13-25(14-16-26)20-17-23-19-8-3-2-7-18(19)20/h2-3,7-8,17,23H,1,4-6,9-16H2,(H,22,27). The Bertz CT molecular complexity index is 744. The first kappa shape index (κ1) is 18.2. The molecule has 0 atom stereocenters. The van der Waals surface area contributed by atoms with Crippen molar-refractivity contribution in [3.63, 3.8) is 0 Å². The van der Waals surface area contributed by atoms with Crippen molar-refractivity contribution >= 4 is 22.6 Å². The van der Waals surface area contributed by atoms with Gasteiger partial charge in [0.1, 0.15) is 0 Å². The molecule has 0 saturated carbocycles. The molecule has 2 aliphatic heterocycles. The lowest BCUT2D eigenvalue weighted by atomic mass is 10.1. The molecule has 2 amide bonds. The summed E-state index contributed by atoms with van der Waals surface area (Å²) in [6, 6.07) is 8.48. The van der Waals surface area contributed by atoms with Crippen LogP contribution >= 0.6 is 0 Å². The number of para-hydroxylation sites is 1. The minimum atomic E-state index is 0.0900. The highest BCUT2D eigenvalue weighted by molar-refractivity contribution is 5.92. The van der Waals surface area contributed by atoms with Crippen molar-refractivity contribution in [3.05, 3.63) is 30.5 Å². The zero-order chi connectivity index (χ0) is 18.5. The molecule has 2 aliphatic rings. The third-order valence-electron chi connectivity index (χ3n) is 5.85. The highest BCUT2D eigenvalue weighted by Gasteiger charge is 2.22. The zero-order valence-corrected chi connectivity index (χ0v) is 16.1. The van der Waals surface area contributed by atoms with E-state index in [4.69, 9.17) is 0 Å². The lowest BCUT2D eigenvalue weighted by molar-refractivity contribution is 0.192. The number of piperazine rings is 1. The van der Waals surface area contributed by atoms with E-state index >= 15 is 0 Å². The van der Waals surface area contributed by atoms with Gasteiger partial charge < -0.3 is 25.0 Å². The summed E-state index contributed by atoms with van der Waals surface area (Å²) in [5, 5.41) is 4.36. The van der Waals surface area contributed by atoms with Crippen LogP contribution in [0, 0.1) is 0 Å². The van der Waals surface area contributed by atoms with E-state index in [9.17, 15) is 4.79 Å². The van der Waals surface area contributed by atoms with Gasteiger partial charge in [-0.3, -0.25) is 0 Å². The molecular weight excluding hydrogens is 338 g/mol. The van der Waals surface area contributed by atoms with Crippen LogP contribution in [0.1, 0.15) is 25.7 Å². The third-order valence-corrected chi connectivity index (χ3v) is 5.85. The SMILES string of the molecule is O=C(NCCCN1CCCCC1)N1CCN(c2c[nH]c3ccccc23)CC1. The Balaban J connectivity index is 1.20. The number of hydrogen-bond acceptors (Lipinski definition) is 3. The zero-order valence-electron chi connectivity index (χ0n) is 16.1. The number of amides is 2. The maximum atomic E-state index is 12.4. The molecule has 0 unspecified atom stereocenters. The number of likely N-dealkylation sites (tertiary alicyclic amines) is 1. The number of aromatic nitrogens is 1. The monoisotopic (exact) mass is 369 g/mol. The van der Waals surface area contributed by atoms with E-state index in [2.05, 4.69) is 50.6 Å². The Kier molecular flexibility index (Phi) is 5.82. The van der Waals surface area contributed by atoms with Crippen molar-refractivity contribution < 1.29 is 4.79 Å². The minimum absolute atomic E-state index is 0.0900. The number of carbonyl (C=O) groups excluding carboxylic acids is 1. The molecule has 4 rings (SSSR count). The number of piperidine rings is 1. The molecule has 3 heterocycles. The molecule has 27 heavy (non-hydrogen) atoms. The van der Waals surface area contributed by atoms with Crippen LogP contribution in [0.3, 0.4) is 0 Å². The Morgan fingerprint density at radius 3 is 2.59 bits per heavy atom. The number of anilines is 1. The Hall–Kier alpha value is -2.21. The van der Waals surface area contributed by atoms with Crippen LogP contribution in [-0.2, 0) is 0 Å². The van der Waals surface area contributed by atoms with Crippen molar-refractivity contribution in [1.82, 2.24) is 20.1 Å². The minimum Gasteiger partial charge on any atom is -0.366 e. The highest BCUT2D eigenvalue weighted by atomic mass is 16.2. The van der Waals surface area contributed by atoms with Crippen molar-refractivity contribution in [3.8, 4) is 0 Å². The van der Waals surface area contributed by atoms with Gasteiger partial charge in [0.25, 0.3) is 0 Å². The quantitative estimate of drug-likeness (QED) is 0.797. The Morgan fingerprint density at radius 2 is 1.78 bits per heavy atom. The second-order valence-corrected chi connectivity index (χ2v) is 7.68. The molecule has 6 heteroatoms. The molecule has 6 nitrogen and oxygen atoms in total. The average Bonchev–Trinajstić information content (AvgIpc) is 3.16. The number of benzene rings is 1. The molecule has 1 aromatic carbocycles. The van der Waals surface area contributed by atoms with Gasteiger partial charge >= 0.3 is 6.03 Å². The number of nitrogens with zero attached hydrogens (tertiary/aromatic N) is 3. The number of fused-ring (bicyclic) bond motifs is 1. The summed E-state index contributed by atoms with van der Waals surface area (Å²) >= 11 is 0. The Morgan fingerprint density at radius 1 is 1.00 bits per heavy atom. The molecule has 2 aromatic rings. The summed E-state index contributed by atoms with van der Waals surface area (Å²) in [5.74, 6) is 0. The van der Waals surface area contributed by atoms with Gasteiger partial charge in [0.05, 0.1) is 5.69 Å². The number of hydrogen-bond donors (Lipinski definition) is 2. The largest absolute Gasteiger partial charge is 0.366 e. The molecule has 146 valence electrons. The molecule has 0 spiro atoms. The van der Waals surface area contributed by atoms with Crippen LogP contribution in [0.25, 0.3) is 10.9 Å². The first-order valence-electron chi connectivity index (χ1n) is 10.4. The summed E-state index contributed by atoms with van der Waals surface area (Å²) in [7, 11) is 0. The van der Waals surface area contributed by atoms with Crippen molar-refractivity contribution in [1.29, 1.82) is 0 Å². The number of nitrogens with one attached hydrogen (secondary N) is 2. The molecule has 0 bridgehead atoms. The first-order chi connectivity index (χ1) is 13.3. The van der Waals surface area contributed by atoms with E-state index in [1.807, 2.05) is 4.90 Å². The molecule has 1 aromatic heterocycles. The number of H-pyrrole nitrogens is 1. The number of rotatable bonds is 5. The van der Waals surface area contributed by atoms with Crippen LogP contribution in [0.15, 0.2) is 30.5 Å². The second-order valence-electron chi connectivity index (χ2n) is 7.68. The van der Waals surface area contributed by atoms with Crippen LogP contribution in [-0.4, -0.2) is 73.2 Å². The first-order valence-corrected chi connectivity index (χ1v) is 10.4. The van der Waals surface area contributed by atoms with Gasteiger partial charge in [-0.25, -0.2) is 4.79 Å². The average molecular weight is 370 g/mol. The van der Waals surface area contributed by atoms with Gasteiger partial charge in [-0.1, -0.05) is 24.6 Å². The second kappa shape index (κ2) is 8.65. The number of carbonyl (C=O) groups is 1. The molecule has 0 radical (unpaired) electrons. The highest BCUT2D eigenvalue weighted by Crippen LogP contribution is 2.27. The maximum absolute atomic E-state index is 12.4. The molecule has 0 aliphatic carbocycles. The predicted molar refractivity (Wildman–Crippen MR) is 110 cm³/mol. The summed E-state index contributed by atoms with van der Waals surface area (Å²) in [6.07, 6.45) is 7.15. The fourth-order valence-corrected chi connectivity index (χ4v) is 4.26. The van der Waals surface area contributed by atoms with Gasteiger partial charge in [-0.15, -0.1) is 0 Å². The normalized spacial score (nSPS) is 18.8. The van der Waals surface area contributed by atoms with Crippen LogP contribution in [0.5, 0.6) is 0 Å². The summed E-state index contributed by atoms with van der Waals surface area (Å²) in [6.45, 7) is 7.64. The lowest BCUT2D eigenvalue weighted by Gasteiger charge is -2.35. The van der Waals surface area contributed by atoms with Crippen molar-refractivity contribution in [2.75, 3.05) is 57.3 Å². The number of urea groups is 1. The molecule has 2 fully saturated rings. The topological polar surface area (TPSA) is 54.6 Å². The van der Waals surface area contributed by atoms with Gasteiger partial charge in [0.2, 0.25) is 0 Å². The predicted octanol–water partition coefficient (Wildman–Crippen LogP) is 2.88. The Labute approximate surface area is 161 Å². The van der Waals surface area contributed by atoms with Gasteiger partial charge in [-0.2, -0.15) is 0 Å². The van der Waals surface area contributed by atoms with E-state index in [0.29, 0.717) is 0 Å². The van der Waals surface area contributed by atoms with Gasteiger partial charge in [0.15, 0.2) is 0 Å². The van der Waals surface area contributed by atoms with Gasteiger partial charge in [0, 0.05) is 49.8 Å². The lowest BCUT2D eigenvalue weighted by Crippen LogP contribution is -2.52. The van der Waals surface area contributed by atoms with Crippen LogP contribution in [0.4, 0.5) is 10.5 Å². The van der Waals surface area contributed by atoms with E-state index in [1.54, 1.807) is 0 Å². The van der Waals surface area contributed by atoms with E-state index in [1.165, 1.54) is 48.9 Å². The van der Waals surface area contributed by atoms with Crippen LogP contribution in [0.2, 0.25) is 0 Å². The van der Waals surface area contributed by atoms with E-state index in [-0.39, 0.29) is 6.03 Å². The number of aromatic amines is 1. The molecular formula is C21H31N5O. The third kappa shape index (κ3) is 4.38. The summed E-state index contributed by atoms with van der Waals surface area (Å²) in [5.41, 5.74) is 2.41. The fraction of sp³-hybridized carbons (Fsp3) is 0.571. The van der Waals surface area contributed by atoms with Crippen LogP contribution < -0.4 is 10.2 Å². The van der Waals surface area contributed by atoms with Crippen molar-refractivity contribution in [2.45, 2.75) is 25.7 Å². The molecule has 2 N–H and O–H groups in total. The van der Waals surface area contributed by atoms with E-state index < -0.39 is 0 Å². The van der Waals surface area contributed by atoms with E-state index in [0.717, 1.165) is 45.7 Å². The fourth-order valence-electron chi connectivity index (χ4n) is 4.26. The maximum Gasteiger partial charge on any atom is 0.317 e. The summed E-state index contributed by atoms with van der Waals surface area (Å²) in [4.78, 5) is 22.6. The van der Waals surface area contributed by atoms with Gasteiger partial charge in [-0.05, 0) is 45.0 Å². The summed E-state index contributed by atoms with van der Waals surface area (Å²) < 4.78 is 0. The smallest absolute Gasteiger partial charge is 0.317 e. The van der Waals surface area contributed by atoms with Crippen molar-refractivity contribution in [2.24, 2.45) is 0 Å². The molecule has 2 saturated heterocycles.